The van der Waals surface area contributed by atoms with E-state index < -0.39 is 4.92 Å². The highest BCUT2D eigenvalue weighted by atomic mass is 16.6. The number of nitro groups is 1. The van der Waals surface area contributed by atoms with Gasteiger partial charge in [0.2, 0.25) is 0 Å². The minimum Gasteiger partial charge on any atom is -0.494 e. The van der Waals surface area contributed by atoms with Crippen molar-refractivity contribution in [2.24, 2.45) is 0 Å². The molecule has 0 heterocycles. The monoisotopic (exact) mass is 374 g/mol. The number of rotatable bonds is 6. The van der Waals surface area contributed by atoms with Gasteiger partial charge in [0.25, 0.3) is 11.6 Å². The lowest BCUT2D eigenvalue weighted by molar-refractivity contribution is -0.384. The number of hydrogen-bond donors (Lipinski definition) is 1. The van der Waals surface area contributed by atoms with Gasteiger partial charge in [-0.15, -0.1) is 0 Å². The van der Waals surface area contributed by atoms with Gasteiger partial charge in [0.05, 0.1) is 23.8 Å². The molecule has 6 heteroatoms. The van der Waals surface area contributed by atoms with Crippen molar-refractivity contribution in [3.05, 3.63) is 100 Å². The number of benzene rings is 3. The molecule has 0 radical (unpaired) electrons. The van der Waals surface area contributed by atoms with E-state index in [2.05, 4.69) is 5.32 Å². The van der Waals surface area contributed by atoms with Crippen molar-refractivity contribution < 1.29 is 14.5 Å². The molecular formula is C22H18N2O4. The fraction of sp³-hybridized carbons (Fsp3) is 0.0455. The van der Waals surface area contributed by atoms with Gasteiger partial charge in [-0.05, 0) is 23.3 Å². The fourth-order valence-corrected chi connectivity index (χ4v) is 2.70. The zero-order valence-electron chi connectivity index (χ0n) is 15.2. The second-order valence-electron chi connectivity index (χ2n) is 5.93. The summed E-state index contributed by atoms with van der Waals surface area (Å²) in [6, 6.07) is 22.8. The minimum atomic E-state index is -0.515. The van der Waals surface area contributed by atoms with E-state index in [1.165, 1.54) is 25.3 Å². The van der Waals surface area contributed by atoms with Crippen LogP contribution in [-0.2, 0) is 4.79 Å². The average Bonchev–Trinajstić information content (AvgIpc) is 2.73. The van der Waals surface area contributed by atoms with Crippen LogP contribution in [0.1, 0.15) is 11.1 Å². The Morgan fingerprint density at radius 1 is 1.00 bits per heavy atom. The molecule has 0 spiro atoms. The average molecular weight is 374 g/mol. The summed E-state index contributed by atoms with van der Waals surface area (Å²) in [7, 11) is 1.40. The third-order valence-electron chi connectivity index (χ3n) is 4.08. The predicted molar refractivity (Wildman–Crippen MR) is 109 cm³/mol. The number of non-ortho nitro benzene ring substituents is 1. The van der Waals surface area contributed by atoms with Crippen molar-refractivity contribution in [2.75, 3.05) is 12.4 Å². The molecule has 0 atom stereocenters. The van der Waals surface area contributed by atoms with E-state index in [1.54, 1.807) is 6.08 Å². The van der Waals surface area contributed by atoms with Crippen LogP contribution in [0.25, 0.3) is 11.6 Å². The lowest BCUT2D eigenvalue weighted by Gasteiger charge is -2.12. The first-order valence-corrected chi connectivity index (χ1v) is 8.54. The maximum Gasteiger partial charge on any atom is 0.273 e. The van der Waals surface area contributed by atoms with Gasteiger partial charge in [0.15, 0.2) is 0 Å². The number of nitrogens with zero attached hydrogens (tertiary/aromatic N) is 1. The molecular weight excluding hydrogens is 356 g/mol. The van der Waals surface area contributed by atoms with Crippen LogP contribution in [-0.4, -0.2) is 17.9 Å². The fourth-order valence-electron chi connectivity index (χ4n) is 2.70. The van der Waals surface area contributed by atoms with Gasteiger partial charge in [-0.1, -0.05) is 60.7 Å². The van der Waals surface area contributed by atoms with E-state index in [0.29, 0.717) is 11.3 Å². The summed E-state index contributed by atoms with van der Waals surface area (Å²) in [5.41, 5.74) is 2.34. The third kappa shape index (κ3) is 4.42. The normalized spacial score (nSPS) is 11.0. The van der Waals surface area contributed by atoms with Crippen LogP contribution >= 0.6 is 0 Å². The summed E-state index contributed by atoms with van der Waals surface area (Å²) >= 11 is 0. The molecule has 0 unspecified atom stereocenters. The van der Waals surface area contributed by atoms with E-state index in [1.807, 2.05) is 60.7 Å². The lowest BCUT2D eigenvalue weighted by atomic mass is 10.0. The molecule has 0 aliphatic heterocycles. The quantitative estimate of drug-likeness (QED) is 0.291. The molecule has 0 aromatic heterocycles. The number of hydrogen-bond acceptors (Lipinski definition) is 4. The van der Waals surface area contributed by atoms with E-state index in [4.69, 9.17) is 4.74 Å². The Balaban J connectivity index is 1.97. The summed E-state index contributed by atoms with van der Waals surface area (Å²) in [4.78, 5) is 23.5. The standard InChI is InChI=1S/C22H18N2O4/c1-28-21-15-18(24(26)27)12-13-20(21)23-22(25)19(17-10-6-3-7-11-17)14-16-8-4-2-5-9-16/h2-15H,1H3,(H,23,25)/b19-14+. The number of anilines is 1. The molecule has 0 saturated heterocycles. The molecule has 0 saturated carbocycles. The summed E-state index contributed by atoms with van der Waals surface area (Å²) in [6.45, 7) is 0. The number of amides is 1. The zero-order chi connectivity index (χ0) is 19.9. The Labute approximate surface area is 162 Å². The molecule has 140 valence electrons. The van der Waals surface area contributed by atoms with Crippen molar-refractivity contribution in [2.45, 2.75) is 0 Å². The van der Waals surface area contributed by atoms with Gasteiger partial charge in [-0.3, -0.25) is 14.9 Å². The van der Waals surface area contributed by atoms with Crippen molar-refractivity contribution in [3.63, 3.8) is 0 Å². The summed E-state index contributed by atoms with van der Waals surface area (Å²) in [5, 5.41) is 13.7. The molecule has 3 rings (SSSR count). The van der Waals surface area contributed by atoms with Gasteiger partial charge < -0.3 is 10.1 Å². The Morgan fingerprint density at radius 2 is 1.64 bits per heavy atom. The second kappa shape index (κ2) is 8.64. The molecule has 3 aromatic rings. The van der Waals surface area contributed by atoms with Crippen LogP contribution in [0, 0.1) is 10.1 Å². The molecule has 0 aliphatic carbocycles. The molecule has 3 aromatic carbocycles. The number of nitro benzene ring substituents is 1. The predicted octanol–water partition coefficient (Wildman–Crippen LogP) is 4.78. The minimum absolute atomic E-state index is 0.113. The molecule has 0 fully saturated rings. The van der Waals surface area contributed by atoms with Crippen molar-refractivity contribution in [3.8, 4) is 5.75 Å². The number of nitrogens with one attached hydrogen (secondary N) is 1. The van der Waals surface area contributed by atoms with Gasteiger partial charge in [-0.25, -0.2) is 0 Å². The van der Waals surface area contributed by atoms with E-state index in [9.17, 15) is 14.9 Å². The number of carbonyl (C=O) groups is 1. The summed E-state index contributed by atoms with van der Waals surface area (Å²) < 4.78 is 5.20. The maximum atomic E-state index is 13.0. The van der Waals surface area contributed by atoms with Gasteiger partial charge in [0, 0.05) is 11.6 Å². The first kappa shape index (κ1) is 18.8. The SMILES string of the molecule is COc1cc([N+](=O)[O-])ccc1NC(=O)/C(=C/c1ccccc1)c1ccccc1. The van der Waals surface area contributed by atoms with Crippen molar-refractivity contribution >= 4 is 28.9 Å². The Morgan fingerprint density at radius 3 is 2.25 bits per heavy atom. The van der Waals surface area contributed by atoms with E-state index in [0.717, 1.165) is 11.1 Å². The number of carbonyl (C=O) groups excluding carboxylic acids is 1. The van der Waals surface area contributed by atoms with Gasteiger partial charge >= 0.3 is 0 Å². The molecule has 1 N–H and O–H groups in total. The lowest BCUT2D eigenvalue weighted by Crippen LogP contribution is -2.14. The van der Waals surface area contributed by atoms with E-state index >= 15 is 0 Å². The Hall–Kier alpha value is -3.93. The first-order chi connectivity index (χ1) is 13.6. The van der Waals surface area contributed by atoms with Crippen LogP contribution in [0.4, 0.5) is 11.4 Å². The Bertz CT molecular complexity index is 1020. The summed E-state index contributed by atoms with van der Waals surface area (Å²) in [6.07, 6.45) is 1.79. The maximum absolute atomic E-state index is 13.0. The van der Waals surface area contributed by atoms with Crippen LogP contribution in [0.15, 0.2) is 78.9 Å². The molecule has 1 amide bonds. The molecule has 28 heavy (non-hydrogen) atoms. The first-order valence-electron chi connectivity index (χ1n) is 8.54. The van der Waals surface area contributed by atoms with Gasteiger partial charge in [0.1, 0.15) is 5.75 Å². The van der Waals surface area contributed by atoms with Crippen LogP contribution in [0.2, 0.25) is 0 Å². The second-order valence-corrected chi connectivity index (χ2v) is 5.93. The van der Waals surface area contributed by atoms with E-state index in [-0.39, 0.29) is 17.3 Å². The smallest absolute Gasteiger partial charge is 0.273 e. The third-order valence-corrected chi connectivity index (χ3v) is 4.08. The van der Waals surface area contributed by atoms with Crippen LogP contribution in [0.3, 0.4) is 0 Å². The molecule has 0 aliphatic rings. The van der Waals surface area contributed by atoms with Gasteiger partial charge in [-0.2, -0.15) is 0 Å². The van der Waals surface area contributed by atoms with Crippen LogP contribution in [0.5, 0.6) is 5.75 Å². The Kier molecular flexibility index (Phi) is 5.81. The highest BCUT2D eigenvalue weighted by Gasteiger charge is 2.17. The van der Waals surface area contributed by atoms with Crippen molar-refractivity contribution in [1.82, 2.24) is 0 Å². The van der Waals surface area contributed by atoms with Crippen molar-refractivity contribution in [1.29, 1.82) is 0 Å². The zero-order valence-corrected chi connectivity index (χ0v) is 15.2. The molecule has 0 bridgehead atoms. The molecule has 6 nitrogen and oxygen atoms in total. The summed E-state index contributed by atoms with van der Waals surface area (Å²) in [5.74, 6) is -0.128. The highest BCUT2D eigenvalue weighted by molar-refractivity contribution is 6.29. The van der Waals surface area contributed by atoms with Crippen LogP contribution < -0.4 is 10.1 Å². The number of ether oxygens (including phenoxy) is 1. The largest absolute Gasteiger partial charge is 0.494 e. The highest BCUT2D eigenvalue weighted by Crippen LogP contribution is 2.30. The number of methoxy groups -OCH3 is 1. The topological polar surface area (TPSA) is 81.5 Å².